The van der Waals surface area contributed by atoms with Crippen LogP contribution in [0.1, 0.15) is 42.0 Å². The van der Waals surface area contributed by atoms with E-state index < -0.39 is 0 Å². The minimum atomic E-state index is -0.0521. The Kier molecular flexibility index (Phi) is 4.24. The minimum Gasteiger partial charge on any atom is -0.351 e. The lowest BCUT2D eigenvalue weighted by atomic mass is 10.2. The molecule has 0 fully saturated rings. The number of fused-ring (bicyclic) bond motifs is 1. The van der Waals surface area contributed by atoms with Crippen molar-refractivity contribution in [3.8, 4) is 0 Å². The number of amides is 1. The number of hydrogen-bond donors (Lipinski definition) is 1. The van der Waals surface area contributed by atoms with Crippen molar-refractivity contribution in [3.63, 3.8) is 0 Å². The molecule has 5 heteroatoms. The van der Waals surface area contributed by atoms with E-state index in [4.69, 9.17) is 0 Å². The van der Waals surface area contributed by atoms with Crippen LogP contribution in [-0.4, -0.2) is 21.8 Å². The number of carbonyl (C=O) groups excluding carboxylic acids is 1. The van der Waals surface area contributed by atoms with Crippen molar-refractivity contribution in [2.24, 2.45) is 0 Å². The van der Waals surface area contributed by atoms with Gasteiger partial charge in [-0.05, 0) is 47.3 Å². The largest absolute Gasteiger partial charge is 0.351 e. The van der Waals surface area contributed by atoms with Gasteiger partial charge in [0, 0.05) is 17.2 Å². The molecule has 19 heavy (non-hydrogen) atoms. The second-order valence-corrected chi connectivity index (χ2v) is 5.47. The molecule has 0 aliphatic rings. The van der Waals surface area contributed by atoms with Gasteiger partial charge in [-0.25, -0.2) is 4.98 Å². The first-order chi connectivity index (χ1) is 9.08. The summed E-state index contributed by atoms with van der Waals surface area (Å²) in [5, 5.41) is 2.93. The Bertz CT molecular complexity index is 619. The maximum atomic E-state index is 12.3. The summed E-state index contributed by atoms with van der Waals surface area (Å²) >= 11 is 3.47. The molecule has 0 saturated carbocycles. The number of imidazole rings is 1. The second-order valence-electron chi connectivity index (χ2n) is 4.55. The summed E-state index contributed by atoms with van der Waals surface area (Å²) in [6.45, 7) is 6.74. The average molecular weight is 324 g/mol. The summed E-state index contributed by atoms with van der Waals surface area (Å²) in [5.74, 6) is -0.0521. The topological polar surface area (TPSA) is 46.4 Å². The molecule has 0 bridgehead atoms. The molecule has 0 aromatic carbocycles. The number of rotatable bonds is 4. The number of hydrogen-bond acceptors (Lipinski definition) is 2. The summed E-state index contributed by atoms with van der Waals surface area (Å²) in [5.41, 5.74) is 3.39. The minimum absolute atomic E-state index is 0.0521. The molecule has 1 amide bonds. The molecule has 2 aromatic heterocycles. The van der Waals surface area contributed by atoms with E-state index in [1.165, 1.54) is 0 Å². The third kappa shape index (κ3) is 2.66. The number of pyridine rings is 1. The highest BCUT2D eigenvalue weighted by molar-refractivity contribution is 9.10. The Balaban J connectivity index is 2.60. The maximum Gasteiger partial charge on any atom is 0.270 e. The molecule has 0 unspecified atom stereocenters. The lowest BCUT2D eigenvalue weighted by molar-refractivity contribution is 0.0947. The van der Waals surface area contributed by atoms with Gasteiger partial charge in [0.1, 0.15) is 11.3 Å². The molecule has 1 N–H and O–H groups in total. The molecule has 0 radical (unpaired) electrons. The van der Waals surface area contributed by atoms with Gasteiger partial charge in [-0.1, -0.05) is 13.8 Å². The molecule has 0 saturated heterocycles. The SMILES string of the molecule is CCCNC(=O)c1c(CC)nc2c(C)cc(Br)cn12. The van der Waals surface area contributed by atoms with Gasteiger partial charge in [0.2, 0.25) is 0 Å². The Morgan fingerprint density at radius 1 is 1.47 bits per heavy atom. The molecule has 102 valence electrons. The first-order valence-electron chi connectivity index (χ1n) is 6.53. The molecule has 2 heterocycles. The van der Waals surface area contributed by atoms with Crippen molar-refractivity contribution in [1.29, 1.82) is 0 Å². The van der Waals surface area contributed by atoms with Crippen LogP contribution >= 0.6 is 15.9 Å². The Morgan fingerprint density at radius 2 is 2.21 bits per heavy atom. The molecule has 0 aliphatic carbocycles. The van der Waals surface area contributed by atoms with Crippen LogP contribution in [-0.2, 0) is 6.42 Å². The van der Waals surface area contributed by atoms with E-state index in [-0.39, 0.29) is 5.91 Å². The van der Waals surface area contributed by atoms with E-state index >= 15 is 0 Å². The van der Waals surface area contributed by atoms with Gasteiger partial charge in [-0.15, -0.1) is 0 Å². The van der Waals surface area contributed by atoms with Crippen LogP contribution in [0.2, 0.25) is 0 Å². The number of carbonyl (C=O) groups is 1. The van der Waals surface area contributed by atoms with Gasteiger partial charge in [-0.2, -0.15) is 0 Å². The molecule has 2 aromatic rings. The maximum absolute atomic E-state index is 12.3. The fourth-order valence-corrected chi connectivity index (χ4v) is 2.67. The van der Waals surface area contributed by atoms with Gasteiger partial charge >= 0.3 is 0 Å². The third-order valence-electron chi connectivity index (χ3n) is 3.03. The van der Waals surface area contributed by atoms with E-state index in [1.54, 1.807) is 0 Å². The first-order valence-corrected chi connectivity index (χ1v) is 7.33. The molecule has 2 rings (SSSR count). The van der Waals surface area contributed by atoms with Crippen LogP contribution in [0.4, 0.5) is 0 Å². The highest BCUT2D eigenvalue weighted by Gasteiger charge is 2.18. The predicted molar refractivity (Wildman–Crippen MR) is 79.6 cm³/mol. The summed E-state index contributed by atoms with van der Waals surface area (Å²) in [7, 11) is 0. The first kappa shape index (κ1) is 14.1. The smallest absolute Gasteiger partial charge is 0.270 e. The van der Waals surface area contributed by atoms with Crippen molar-refractivity contribution in [1.82, 2.24) is 14.7 Å². The van der Waals surface area contributed by atoms with Crippen LogP contribution < -0.4 is 5.32 Å². The molecule has 0 aliphatic heterocycles. The lowest BCUT2D eigenvalue weighted by Gasteiger charge is -2.06. The van der Waals surface area contributed by atoms with Crippen molar-refractivity contribution in [2.75, 3.05) is 6.54 Å². The normalized spacial score (nSPS) is 10.9. The zero-order valence-electron chi connectivity index (χ0n) is 11.5. The average Bonchev–Trinajstić information content (AvgIpc) is 2.74. The second kappa shape index (κ2) is 5.74. The van der Waals surface area contributed by atoms with Gasteiger partial charge < -0.3 is 5.32 Å². The Morgan fingerprint density at radius 3 is 2.84 bits per heavy atom. The van der Waals surface area contributed by atoms with E-state index in [1.807, 2.05) is 37.4 Å². The van der Waals surface area contributed by atoms with Crippen LogP contribution in [0, 0.1) is 6.92 Å². The molecule has 0 atom stereocenters. The summed E-state index contributed by atoms with van der Waals surface area (Å²) < 4.78 is 2.82. The van der Waals surface area contributed by atoms with Gasteiger partial charge in [0.05, 0.1) is 5.69 Å². The van der Waals surface area contributed by atoms with E-state index in [0.717, 1.165) is 34.2 Å². The van der Waals surface area contributed by atoms with Crippen molar-refractivity contribution < 1.29 is 4.79 Å². The van der Waals surface area contributed by atoms with Gasteiger partial charge in [-0.3, -0.25) is 9.20 Å². The third-order valence-corrected chi connectivity index (χ3v) is 3.46. The Labute approximate surface area is 121 Å². The zero-order chi connectivity index (χ0) is 14.0. The van der Waals surface area contributed by atoms with Crippen molar-refractivity contribution >= 4 is 27.5 Å². The molecule has 0 spiro atoms. The summed E-state index contributed by atoms with van der Waals surface area (Å²) in [6, 6.07) is 2.01. The van der Waals surface area contributed by atoms with Crippen molar-refractivity contribution in [3.05, 3.63) is 33.7 Å². The van der Waals surface area contributed by atoms with Crippen LogP contribution in [0.3, 0.4) is 0 Å². The molecule has 4 nitrogen and oxygen atoms in total. The van der Waals surface area contributed by atoms with Gasteiger partial charge in [0.15, 0.2) is 0 Å². The standard InChI is InChI=1S/C14H18BrN3O/c1-4-6-16-14(19)12-11(5-2)17-13-9(3)7-10(15)8-18(12)13/h7-8H,4-6H2,1-3H3,(H,16,19). The van der Waals surface area contributed by atoms with E-state index in [0.29, 0.717) is 12.2 Å². The number of nitrogens with zero attached hydrogens (tertiary/aromatic N) is 2. The predicted octanol–water partition coefficient (Wildman–Crippen LogP) is 3.11. The number of aromatic nitrogens is 2. The lowest BCUT2D eigenvalue weighted by Crippen LogP contribution is -2.26. The van der Waals surface area contributed by atoms with Crippen LogP contribution in [0.25, 0.3) is 5.65 Å². The molecular weight excluding hydrogens is 306 g/mol. The monoisotopic (exact) mass is 323 g/mol. The molecular formula is C14H18BrN3O. The number of nitrogens with one attached hydrogen (secondary N) is 1. The quantitative estimate of drug-likeness (QED) is 0.939. The van der Waals surface area contributed by atoms with Crippen molar-refractivity contribution in [2.45, 2.75) is 33.6 Å². The summed E-state index contributed by atoms with van der Waals surface area (Å²) in [4.78, 5) is 16.9. The summed E-state index contributed by atoms with van der Waals surface area (Å²) in [6.07, 6.45) is 3.57. The zero-order valence-corrected chi connectivity index (χ0v) is 13.0. The van der Waals surface area contributed by atoms with E-state index in [9.17, 15) is 4.79 Å². The van der Waals surface area contributed by atoms with Crippen LogP contribution in [0.15, 0.2) is 16.7 Å². The highest BCUT2D eigenvalue weighted by atomic mass is 79.9. The fraction of sp³-hybridized carbons (Fsp3) is 0.429. The Hall–Kier alpha value is -1.36. The number of aryl methyl sites for hydroxylation is 2. The fourth-order valence-electron chi connectivity index (χ4n) is 2.12. The number of halogens is 1. The highest BCUT2D eigenvalue weighted by Crippen LogP contribution is 2.21. The van der Waals surface area contributed by atoms with Gasteiger partial charge in [0.25, 0.3) is 5.91 Å². The van der Waals surface area contributed by atoms with Crippen LogP contribution in [0.5, 0.6) is 0 Å². The van der Waals surface area contributed by atoms with E-state index in [2.05, 4.69) is 26.2 Å².